The summed E-state index contributed by atoms with van der Waals surface area (Å²) in [7, 11) is 0. The average Bonchev–Trinajstić information content (AvgIpc) is 3.07. The third-order valence-corrected chi connectivity index (χ3v) is 5.61. The normalized spacial score (nSPS) is 24.6. The molecule has 5 rings (SSSR count). The van der Waals surface area contributed by atoms with Crippen LogP contribution in [-0.4, -0.2) is 39.9 Å². The lowest BCUT2D eigenvalue weighted by molar-refractivity contribution is 0.0843. The van der Waals surface area contributed by atoms with E-state index in [0.717, 1.165) is 12.2 Å². The number of nitrogens with zero attached hydrogens (tertiary/aromatic N) is 3. The van der Waals surface area contributed by atoms with E-state index in [-0.39, 0.29) is 6.61 Å². The molecule has 3 aliphatic heterocycles. The molecule has 3 saturated heterocycles. The molecule has 25 heavy (non-hydrogen) atoms. The van der Waals surface area contributed by atoms with Crippen molar-refractivity contribution >= 4 is 23.3 Å². The van der Waals surface area contributed by atoms with E-state index in [1.807, 2.05) is 0 Å². The van der Waals surface area contributed by atoms with Crippen LogP contribution in [-0.2, 0) is 0 Å². The van der Waals surface area contributed by atoms with Crippen molar-refractivity contribution in [2.75, 3.05) is 26.2 Å². The van der Waals surface area contributed by atoms with Gasteiger partial charge in [-0.1, -0.05) is 23.4 Å². The molecule has 0 spiro atoms. The summed E-state index contributed by atoms with van der Waals surface area (Å²) in [6.07, 6.45) is 2.45. The molecule has 0 unspecified atom stereocenters. The lowest BCUT2D eigenvalue weighted by Crippen LogP contribution is -2.46. The summed E-state index contributed by atoms with van der Waals surface area (Å²) in [5.74, 6) is 7.03. The fraction of sp³-hybridized carbons (Fsp3) is 0.444. The molecule has 0 saturated carbocycles. The van der Waals surface area contributed by atoms with Crippen molar-refractivity contribution < 1.29 is 9.13 Å². The first-order chi connectivity index (χ1) is 12.2. The largest absolute Gasteiger partial charge is 0.463 e. The van der Waals surface area contributed by atoms with Crippen molar-refractivity contribution in [3.05, 3.63) is 40.3 Å². The van der Waals surface area contributed by atoms with Crippen LogP contribution in [0.2, 0.25) is 5.02 Å². The van der Waals surface area contributed by atoms with Crippen molar-refractivity contribution in [2.24, 2.45) is 5.92 Å². The predicted molar refractivity (Wildman–Crippen MR) is 95.6 cm³/mol. The Morgan fingerprint density at radius 3 is 2.84 bits per heavy atom. The summed E-state index contributed by atoms with van der Waals surface area (Å²) in [5, 5.41) is 0.332. The monoisotopic (exact) mass is 377 g/mol. The van der Waals surface area contributed by atoms with Crippen LogP contribution < -0.4 is 4.74 Å². The van der Waals surface area contributed by atoms with Gasteiger partial charge in [0, 0.05) is 23.0 Å². The van der Waals surface area contributed by atoms with E-state index in [1.54, 1.807) is 6.07 Å². The van der Waals surface area contributed by atoms with E-state index >= 15 is 0 Å². The van der Waals surface area contributed by atoms with Crippen molar-refractivity contribution in [2.45, 2.75) is 18.8 Å². The van der Waals surface area contributed by atoms with E-state index in [9.17, 15) is 4.39 Å². The van der Waals surface area contributed by atoms with Gasteiger partial charge in [-0.2, -0.15) is 4.37 Å². The second-order valence-corrected chi connectivity index (χ2v) is 7.41. The fourth-order valence-electron chi connectivity index (χ4n) is 3.66. The van der Waals surface area contributed by atoms with Crippen LogP contribution >= 0.6 is 23.3 Å². The first-order valence-electron chi connectivity index (χ1n) is 8.31. The molecule has 3 aliphatic rings. The highest BCUT2D eigenvalue weighted by Gasteiger charge is 2.38. The van der Waals surface area contributed by atoms with Crippen molar-refractivity contribution in [3.63, 3.8) is 0 Å². The van der Waals surface area contributed by atoms with Gasteiger partial charge in [-0.25, -0.2) is 4.39 Å². The molecule has 0 radical (unpaired) electrons. The lowest BCUT2D eigenvalue weighted by atomic mass is 9.77. The zero-order chi connectivity index (χ0) is 17.2. The van der Waals surface area contributed by atoms with Crippen LogP contribution in [0, 0.1) is 23.6 Å². The molecule has 4 nitrogen and oxygen atoms in total. The highest BCUT2D eigenvalue weighted by molar-refractivity contribution is 6.99. The minimum Gasteiger partial charge on any atom is -0.463 e. The van der Waals surface area contributed by atoms with Crippen LogP contribution in [0.1, 0.15) is 30.0 Å². The molecule has 0 N–H and O–H groups in total. The van der Waals surface area contributed by atoms with Crippen LogP contribution in [0.3, 0.4) is 0 Å². The summed E-state index contributed by atoms with van der Waals surface area (Å²) >= 11 is 7.01. The summed E-state index contributed by atoms with van der Waals surface area (Å²) < 4.78 is 27.8. The van der Waals surface area contributed by atoms with Crippen molar-refractivity contribution in [3.8, 4) is 17.7 Å². The van der Waals surface area contributed by atoms with Gasteiger partial charge < -0.3 is 9.64 Å². The SMILES string of the molecule is Fc1cc(Cl)cc(C#CCOc2nsnc2[C@@H]2CN3CCC2CC3)c1. The second-order valence-electron chi connectivity index (χ2n) is 6.45. The van der Waals surface area contributed by atoms with Crippen LogP contribution in [0.15, 0.2) is 18.2 Å². The molecule has 2 bridgehead atoms. The second kappa shape index (κ2) is 7.28. The fourth-order valence-corrected chi connectivity index (χ4v) is 4.44. The third kappa shape index (κ3) is 3.79. The van der Waals surface area contributed by atoms with E-state index < -0.39 is 5.82 Å². The molecule has 130 valence electrons. The van der Waals surface area contributed by atoms with Gasteiger partial charge in [0.1, 0.15) is 11.5 Å². The maximum absolute atomic E-state index is 13.3. The average molecular weight is 378 g/mol. The van der Waals surface area contributed by atoms with Gasteiger partial charge in [-0.05, 0) is 50.0 Å². The maximum atomic E-state index is 13.3. The number of rotatable bonds is 3. The number of halogens is 2. The van der Waals surface area contributed by atoms with E-state index in [4.69, 9.17) is 16.3 Å². The van der Waals surface area contributed by atoms with E-state index in [2.05, 4.69) is 25.5 Å². The van der Waals surface area contributed by atoms with Gasteiger partial charge in [0.2, 0.25) is 5.88 Å². The number of fused-ring (bicyclic) bond motifs is 3. The Hall–Kier alpha value is -1.68. The number of benzene rings is 1. The van der Waals surface area contributed by atoms with Gasteiger partial charge in [0.25, 0.3) is 0 Å². The Balaban J connectivity index is 1.41. The molecule has 2 aromatic rings. The first kappa shape index (κ1) is 16.8. The summed E-state index contributed by atoms with van der Waals surface area (Å²) in [5.41, 5.74) is 1.50. The van der Waals surface area contributed by atoms with Gasteiger partial charge in [-0.15, -0.1) is 4.37 Å². The van der Waals surface area contributed by atoms with Crippen molar-refractivity contribution in [1.29, 1.82) is 0 Å². The molecule has 0 aliphatic carbocycles. The van der Waals surface area contributed by atoms with Gasteiger partial charge in [0.15, 0.2) is 6.61 Å². The van der Waals surface area contributed by atoms with Crippen LogP contribution in [0.25, 0.3) is 0 Å². The maximum Gasteiger partial charge on any atom is 0.250 e. The number of hydrogen-bond donors (Lipinski definition) is 0. The molecule has 1 atom stereocenters. The highest BCUT2D eigenvalue weighted by atomic mass is 35.5. The molecule has 4 heterocycles. The Labute approximate surface area is 155 Å². The molecular formula is C18H17ClFN3OS. The van der Waals surface area contributed by atoms with Gasteiger partial charge in [0.05, 0.1) is 11.7 Å². The quantitative estimate of drug-likeness (QED) is 0.766. The molecule has 3 fully saturated rings. The number of piperidine rings is 3. The minimum absolute atomic E-state index is 0.188. The molecule has 1 aromatic carbocycles. The molecule has 0 amide bonds. The topological polar surface area (TPSA) is 38.3 Å². The third-order valence-electron chi connectivity index (χ3n) is 4.87. The van der Waals surface area contributed by atoms with Crippen molar-refractivity contribution in [1.82, 2.24) is 13.6 Å². The van der Waals surface area contributed by atoms with Crippen LogP contribution in [0.4, 0.5) is 4.39 Å². The van der Waals surface area contributed by atoms with Gasteiger partial charge >= 0.3 is 0 Å². The molecule has 7 heteroatoms. The highest BCUT2D eigenvalue weighted by Crippen LogP contribution is 2.41. The predicted octanol–water partition coefficient (Wildman–Crippen LogP) is 3.57. The van der Waals surface area contributed by atoms with Crippen LogP contribution in [0.5, 0.6) is 5.88 Å². The number of aromatic nitrogens is 2. The standard InChI is InChI=1S/C18H17ClFN3OS/c19-14-8-12(9-15(20)10-14)2-1-7-24-18-17(21-25-22-18)16-11-23-5-3-13(16)4-6-23/h8-10,13,16H,3-7,11H2/t16-/m1/s1. The summed E-state index contributed by atoms with van der Waals surface area (Å²) in [4.78, 5) is 2.49. The van der Waals surface area contributed by atoms with E-state index in [1.165, 1.54) is 49.8 Å². The first-order valence-corrected chi connectivity index (χ1v) is 9.42. The summed E-state index contributed by atoms with van der Waals surface area (Å²) in [6, 6.07) is 4.23. The zero-order valence-corrected chi connectivity index (χ0v) is 15.1. The molecule has 1 aromatic heterocycles. The Morgan fingerprint density at radius 2 is 2.12 bits per heavy atom. The smallest absolute Gasteiger partial charge is 0.250 e. The number of ether oxygens (including phenoxy) is 1. The molecular weight excluding hydrogens is 361 g/mol. The number of hydrogen-bond acceptors (Lipinski definition) is 5. The summed E-state index contributed by atoms with van der Waals surface area (Å²) in [6.45, 7) is 3.61. The Kier molecular flexibility index (Phi) is 4.89. The Bertz CT molecular complexity index is 803. The zero-order valence-electron chi connectivity index (χ0n) is 13.5. The lowest BCUT2D eigenvalue weighted by Gasteiger charge is -2.44. The Morgan fingerprint density at radius 1 is 1.28 bits per heavy atom. The minimum atomic E-state index is -0.397. The van der Waals surface area contributed by atoms with E-state index in [0.29, 0.717) is 28.3 Å². The van der Waals surface area contributed by atoms with Gasteiger partial charge in [-0.3, -0.25) is 0 Å².